The van der Waals surface area contributed by atoms with Crippen molar-refractivity contribution < 1.29 is 9.90 Å². The molecule has 140 valence electrons. The van der Waals surface area contributed by atoms with Crippen LogP contribution < -0.4 is 5.32 Å². The summed E-state index contributed by atoms with van der Waals surface area (Å²) in [5, 5.41) is 14.8. The lowest BCUT2D eigenvalue weighted by Crippen LogP contribution is -2.12. The second-order valence-corrected chi connectivity index (χ2v) is 7.77. The van der Waals surface area contributed by atoms with Gasteiger partial charge < -0.3 is 10.4 Å². The van der Waals surface area contributed by atoms with Gasteiger partial charge in [0.25, 0.3) is 0 Å². The Morgan fingerprint density at radius 2 is 1.37 bits per heavy atom. The highest BCUT2D eigenvalue weighted by Crippen LogP contribution is 2.38. The molecular weight excluding hydrogens is 334 g/mol. The number of amides is 1. The Labute approximate surface area is 161 Å². The lowest BCUT2D eigenvalue weighted by Gasteiger charge is -2.22. The van der Waals surface area contributed by atoms with Gasteiger partial charge in [0.2, 0.25) is 5.91 Å². The standard InChI is InChI=1S/C24H27NO2/c1-14(2)22-12-20(13-23(15(3)4)24(22)25-16(5)26)18-6-7-19-11-21(27)9-8-17(19)10-18/h6-15,27H,1-5H3,(H,25,26). The van der Waals surface area contributed by atoms with Crippen molar-refractivity contribution >= 4 is 22.4 Å². The van der Waals surface area contributed by atoms with Crippen LogP contribution in [0.15, 0.2) is 48.5 Å². The van der Waals surface area contributed by atoms with E-state index in [1.165, 1.54) is 0 Å². The Bertz CT molecular complexity index is 973. The third kappa shape index (κ3) is 3.97. The molecule has 3 nitrogen and oxygen atoms in total. The van der Waals surface area contributed by atoms with Gasteiger partial charge in [0.1, 0.15) is 5.75 Å². The number of anilines is 1. The number of hydrogen-bond donors (Lipinski definition) is 2. The molecule has 0 atom stereocenters. The smallest absolute Gasteiger partial charge is 0.221 e. The van der Waals surface area contributed by atoms with Crippen molar-refractivity contribution in [2.45, 2.75) is 46.5 Å². The van der Waals surface area contributed by atoms with Gasteiger partial charge in [-0.15, -0.1) is 0 Å². The third-order valence-electron chi connectivity index (χ3n) is 4.90. The fourth-order valence-electron chi connectivity index (χ4n) is 3.50. The molecule has 3 aromatic rings. The Morgan fingerprint density at radius 3 is 1.93 bits per heavy atom. The van der Waals surface area contributed by atoms with Crippen LogP contribution in [0.3, 0.4) is 0 Å². The molecule has 0 saturated heterocycles. The molecule has 0 spiro atoms. The van der Waals surface area contributed by atoms with Crippen molar-refractivity contribution in [2.24, 2.45) is 0 Å². The van der Waals surface area contributed by atoms with Gasteiger partial charge in [0.15, 0.2) is 0 Å². The predicted octanol–water partition coefficient (Wildman–Crippen LogP) is 6.42. The van der Waals surface area contributed by atoms with Gasteiger partial charge in [-0.1, -0.05) is 45.9 Å². The molecule has 2 N–H and O–H groups in total. The first-order valence-corrected chi connectivity index (χ1v) is 9.45. The summed E-state index contributed by atoms with van der Waals surface area (Å²) in [5.41, 5.74) is 5.52. The van der Waals surface area contributed by atoms with Crippen LogP contribution in [0.4, 0.5) is 5.69 Å². The highest BCUT2D eigenvalue weighted by atomic mass is 16.3. The zero-order valence-corrected chi connectivity index (χ0v) is 16.6. The number of rotatable bonds is 4. The van der Waals surface area contributed by atoms with Crippen LogP contribution in [0.5, 0.6) is 5.75 Å². The number of nitrogens with one attached hydrogen (secondary N) is 1. The lowest BCUT2D eigenvalue weighted by atomic mass is 9.88. The number of hydrogen-bond acceptors (Lipinski definition) is 2. The number of benzene rings is 3. The second kappa shape index (κ2) is 7.43. The van der Waals surface area contributed by atoms with Crippen molar-refractivity contribution in [3.63, 3.8) is 0 Å². The van der Waals surface area contributed by atoms with Crippen LogP contribution in [0, 0.1) is 0 Å². The van der Waals surface area contributed by atoms with Crippen molar-refractivity contribution in [3.8, 4) is 16.9 Å². The van der Waals surface area contributed by atoms with Gasteiger partial charge in [0.05, 0.1) is 0 Å². The van der Waals surface area contributed by atoms with Crippen molar-refractivity contribution in [2.75, 3.05) is 5.32 Å². The molecule has 0 aromatic heterocycles. The molecule has 0 heterocycles. The summed E-state index contributed by atoms with van der Waals surface area (Å²) >= 11 is 0. The first kappa shape index (κ1) is 19.0. The fourth-order valence-corrected chi connectivity index (χ4v) is 3.50. The summed E-state index contributed by atoms with van der Waals surface area (Å²) in [6.07, 6.45) is 0. The van der Waals surface area contributed by atoms with E-state index < -0.39 is 0 Å². The number of fused-ring (bicyclic) bond motifs is 1. The third-order valence-corrected chi connectivity index (χ3v) is 4.90. The SMILES string of the molecule is CC(=O)Nc1c(C(C)C)cc(-c2ccc3cc(O)ccc3c2)cc1C(C)C. The maximum atomic E-state index is 11.8. The zero-order chi connectivity index (χ0) is 19.7. The molecule has 0 radical (unpaired) electrons. The topological polar surface area (TPSA) is 49.3 Å². The Balaban J connectivity index is 2.21. The number of aromatic hydroxyl groups is 1. The van der Waals surface area contributed by atoms with Gasteiger partial charge in [-0.05, 0) is 75.2 Å². The van der Waals surface area contributed by atoms with Gasteiger partial charge in [-0.25, -0.2) is 0 Å². The summed E-state index contributed by atoms with van der Waals surface area (Å²) in [7, 11) is 0. The average Bonchev–Trinajstić information content (AvgIpc) is 2.60. The summed E-state index contributed by atoms with van der Waals surface area (Å²) in [4.78, 5) is 11.8. The average molecular weight is 361 g/mol. The zero-order valence-electron chi connectivity index (χ0n) is 16.6. The molecule has 0 aliphatic rings. The van der Waals surface area contributed by atoms with E-state index in [1.807, 2.05) is 12.1 Å². The predicted molar refractivity (Wildman–Crippen MR) is 114 cm³/mol. The summed E-state index contributed by atoms with van der Waals surface area (Å²) in [6, 6.07) is 16.1. The van der Waals surface area contributed by atoms with E-state index in [-0.39, 0.29) is 11.7 Å². The second-order valence-electron chi connectivity index (χ2n) is 7.77. The molecule has 3 aromatic carbocycles. The molecule has 0 aliphatic heterocycles. The molecule has 0 unspecified atom stereocenters. The number of phenols is 1. The van der Waals surface area contributed by atoms with Crippen LogP contribution in [-0.2, 0) is 4.79 Å². The highest BCUT2D eigenvalue weighted by Gasteiger charge is 2.17. The molecular formula is C24H27NO2. The van der Waals surface area contributed by atoms with E-state index in [4.69, 9.17) is 0 Å². The Kier molecular flexibility index (Phi) is 5.22. The molecule has 0 bridgehead atoms. The highest BCUT2D eigenvalue weighted by molar-refractivity contribution is 5.93. The van der Waals surface area contributed by atoms with Gasteiger partial charge in [-0.3, -0.25) is 4.79 Å². The normalized spacial score (nSPS) is 11.4. The van der Waals surface area contributed by atoms with E-state index >= 15 is 0 Å². The van der Waals surface area contributed by atoms with Crippen molar-refractivity contribution in [1.29, 1.82) is 0 Å². The van der Waals surface area contributed by atoms with Crippen LogP contribution in [-0.4, -0.2) is 11.0 Å². The number of phenolic OH excluding ortho intramolecular Hbond substituents is 1. The molecule has 0 saturated carbocycles. The molecule has 0 fully saturated rings. The fraction of sp³-hybridized carbons (Fsp3) is 0.292. The van der Waals surface area contributed by atoms with Crippen LogP contribution in [0.1, 0.15) is 57.6 Å². The van der Waals surface area contributed by atoms with Gasteiger partial charge in [-0.2, -0.15) is 0 Å². The monoisotopic (exact) mass is 361 g/mol. The van der Waals surface area contributed by atoms with Crippen molar-refractivity contribution in [1.82, 2.24) is 0 Å². The first-order valence-electron chi connectivity index (χ1n) is 9.45. The number of carbonyl (C=O) groups is 1. The quantitative estimate of drug-likeness (QED) is 0.563. The van der Waals surface area contributed by atoms with E-state index in [0.717, 1.165) is 38.7 Å². The summed E-state index contributed by atoms with van der Waals surface area (Å²) in [5.74, 6) is 0.819. The van der Waals surface area contributed by atoms with Gasteiger partial charge in [0, 0.05) is 12.6 Å². The molecule has 3 rings (SSSR count). The van der Waals surface area contributed by atoms with Crippen LogP contribution >= 0.6 is 0 Å². The van der Waals surface area contributed by atoms with E-state index in [0.29, 0.717) is 11.8 Å². The van der Waals surface area contributed by atoms with Crippen molar-refractivity contribution in [3.05, 3.63) is 59.7 Å². The molecule has 3 heteroatoms. The van der Waals surface area contributed by atoms with Gasteiger partial charge >= 0.3 is 0 Å². The van der Waals surface area contributed by atoms with E-state index in [9.17, 15) is 9.90 Å². The lowest BCUT2D eigenvalue weighted by molar-refractivity contribution is -0.114. The molecule has 1 amide bonds. The van der Waals surface area contributed by atoms with Crippen LogP contribution in [0.25, 0.3) is 21.9 Å². The maximum absolute atomic E-state index is 11.8. The Morgan fingerprint density at radius 1 is 0.815 bits per heavy atom. The largest absolute Gasteiger partial charge is 0.508 e. The molecule has 27 heavy (non-hydrogen) atoms. The van der Waals surface area contributed by atoms with E-state index in [2.05, 4.69) is 57.3 Å². The van der Waals surface area contributed by atoms with Crippen LogP contribution in [0.2, 0.25) is 0 Å². The summed E-state index contributed by atoms with van der Waals surface area (Å²) in [6.45, 7) is 10.2. The summed E-state index contributed by atoms with van der Waals surface area (Å²) < 4.78 is 0. The minimum absolute atomic E-state index is 0.0444. The first-order chi connectivity index (χ1) is 12.8. The number of carbonyl (C=O) groups excluding carboxylic acids is 1. The van der Waals surface area contributed by atoms with E-state index in [1.54, 1.807) is 19.1 Å². The minimum Gasteiger partial charge on any atom is -0.508 e. The minimum atomic E-state index is -0.0444. The molecule has 0 aliphatic carbocycles. The maximum Gasteiger partial charge on any atom is 0.221 e. The Hall–Kier alpha value is -2.81.